The summed E-state index contributed by atoms with van der Waals surface area (Å²) in [4.78, 5) is 12.4. The molecule has 1 amide bonds. The second-order valence-corrected chi connectivity index (χ2v) is 18.7. The van der Waals surface area contributed by atoms with Crippen LogP contribution >= 0.6 is 0 Å². The fourth-order valence-corrected chi connectivity index (χ4v) is 8.49. The third kappa shape index (κ3) is 47.7. The van der Waals surface area contributed by atoms with E-state index in [2.05, 4.69) is 55.6 Å². The molecule has 0 aliphatic carbocycles. The van der Waals surface area contributed by atoms with Crippen molar-refractivity contribution in [2.24, 2.45) is 0 Å². The van der Waals surface area contributed by atoms with E-state index in [1.54, 1.807) is 0 Å². The Hall–Kier alpha value is -1.39. The van der Waals surface area contributed by atoms with Crippen LogP contribution in [0.3, 0.4) is 0 Å². The molecule has 4 nitrogen and oxygen atoms in total. The lowest BCUT2D eigenvalue weighted by Crippen LogP contribution is -2.45. The molecule has 2 unspecified atom stereocenters. The molecule has 0 spiro atoms. The van der Waals surface area contributed by atoms with Gasteiger partial charge in [-0.1, -0.05) is 275 Å². The first-order chi connectivity index (χ1) is 29.7. The molecule has 60 heavy (non-hydrogen) atoms. The molecule has 0 rings (SSSR count). The molecule has 2 atom stereocenters. The molecule has 0 aromatic heterocycles. The van der Waals surface area contributed by atoms with Gasteiger partial charge in [-0.25, -0.2) is 0 Å². The monoisotopic (exact) mass is 842 g/mol. The zero-order valence-corrected chi connectivity index (χ0v) is 40.7. The smallest absolute Gasteiger partial charge is 0.220 e. The SMILES string of the molecule is CCCCCCC/C=C\C/C=C\C/C=C\CCCCCCCCCCCCCCCCCCCCCCC(=O)NC(CO)C(O)CCCCCCCCCCCCCCC. The van der Waals surface area contributed by atoms with Crippen molar-refractivity contribution in [1.29, 1.82) is 0 Å². The van der Waals surface area contributed by atoms with Gasteiger partial charge in [0, 0.05) is 6.42 Å². The molecule has 354 valence electrons. The number of amides is 1. The van der Waals surface area contributed by atoms with Crippen molar-refractivity contribution in [3.8, 4) is 0 Å². The largest absolute Gasteiger partial charge is 0.394 e. The van der Waals surface area contributed by atoms with Crippen LogP contribution in [0.5, 0.6) is 0 Å². The van der Waals surface area contributed by atoms with E-state index in [-0.39, 0.29) is 12.5 Å². The van der Waals surface area contributed by atoms with Crippen molar-refractivity contribution in [2.75, 3.05) is 6.61 Å². The maximum absolute atomic E-state index is 12.4. The van der Waals surface area contributed by atoms with E-state index in [1.807, 2.05) is 0 Å². The highest BCUT2D eigenvalue weighted by atomic mass is 16.3. The molecular weight excluding hydrogens is 735 g/mol. The number of rotatable bonds is 50. The summed E-state index contributed by atoms with van der Waals surface area (Å²) in [7, 11) is 0. The Kier molecular flexibility index (Phi) is 50.8. The van der Waals surface area contributed by atoms with E-state index in [9.17, 15) is 15.0 Å². The number of hydrogen-bond acceptors (Lipinski definition) is 3. The molecule has 0 radical (unpaired) electrons. The quantitative estimate of drug-likeness (QED) is 0.0422. The molecule has 0 aromatic carbocycles. The Bertz CT molecular complexity index is 912. The highest BCUT2D eigenvalue weighted by molar-refractivity contribution is 5.76. The first-order valence-corrected chi connectivity index (χ1v) is 27.2. The number of allylic oxidation sites excluding steroid dienone is 6. The average molecular weight is 842 g/mol. The van der Waals surface area contributed by atoms with Gasteiger partial charge in [-0.3, -0.25) is 4.79 Å². The van der Waals surface area contributed by atoms with Crippen LogP contribution in [0.1, 0.15) is 296 Å². The molecule has 0 aromatic rings. The molecule has 0 saturated carbocycles. The second kappa shape index (κ2) is 52.0. The molecule has 0 bridgehead atoms. The van der Waals surface area contributed by atoms with Gasteiger partial charge in [0.1, 0.15) is 0 Å². The topological polar surface area (TPSA) is 69.6 Å². The predicted octanol–water partition coefficient (Wildman–Crippen LogP) is 17.7. The molecule has 0 aliphatic rings. The first kappa shape index (κ1) is 58.6. The second-order valence-electron chi connectivity index (χ2n) is 18.7. The summed E-state index contributed by atoms with van der Waals surface area (Å²) in [5, 5.41) is 23.2. The minimum Gasteiger partial charge on any atom is -0.394 e. The number of carbonyl (C=O) groups is 1. The van der Waals surface area contributed by atoms with Gasteiger partial charge in [0.05, 0.1) is 18.8 Å². The number of aliphatic hydroxyl groups is 2. The van der Waals surface area contributed by atoms with Crippen molar-refractivity contribution in [1.82, 2.24) is 5.32 Å². The van der Waals surface area contributed by atoms with Crippen molar-refractivity contribution >= 4 is 5.91 Å². The van der Waals surface area contributed by atoms with E-state index in [1.165, 1.54) is 231 Å². The summed E-state index contributed by atoms with van der Waals surface area (Å²) in [6.07, 6.45) is 69.9. The lowest BCUT2D eigenvalue weighted by atomic mass is 10.0. The fourth-order valence-electron chi connectivity index (χ4n) is 8.49. The van der Waals surface area contributed by atoms with Crippen molar-refractivity contribution < 1.29 is 15.0 Å². The third-order valence-corrected chi connectivity index (χ3v) is 12.7. The van der Waals surface area contributed by atoms with Crippen molar-refractivity contribution in [2.45, 2.75) is 309 Å². The van der Waals surface area contributed by atoms with Crippen LogP contribution in [-0.4, -0.2) is 34.9 Å². The van der Waals surface area contributed by atoms with Crippen LogP contribution in [0.2, 0.25) is 0 Å². The van der Waals surface area contributed by atoms with Crippen LogP contribution < -0.4 is 5.32 Å². The zero-order valence-electron chi connectivity index (χ0n) is 40.7. The summed E-state index contributed by atoms with van der Waals surface area (Å²) < 4.78 is 0. The molecule has 0 saturated heterocycles. The van der Waals surface area contributed by atoms with Gasteiger partial charge in [-0.2, -0.15) is 0 Å². The summed E-state index contributed by atoms with van der Waals surface area (Å²) in [6, 6.07) is -0.533. The van der Waals surface area contributed by atoms with Gasteiger partial charge in [0.15, 0.2) is 0 Å². The number of nitrogens with one attached hydrogen (secondary N) is 1. The minimum atomic E-state index is -0.656. The third-order valence-electron chi connectivity index (χ3n) is 12.7. The standard InChI is InChI=1S/C56H107NO3/c1-3-5-7-9-11-13-15-17-18-19-20-21-22-23-24-25-26-27-28-29-30-31-32-33-34-35-36-37-38-40-42-44-46-48-50-52-56(60)57-54(53-58)55(59)51-49-47-45-43-41-39-16-14-12-10-8-6-4-2/h15,17,19-20,22-23,54-55,58-59H,3-14,16,18,21,24-53H2,1-2H3,(H,57,60)/b17-15-,20-19-,23-22-. The van der Waals surface area contributed by atoms with Crippen LogP contribution in [0, 0.1) is 0 Å². The van der Waals surface area contributed by atoms with Crippen LogP contribution in [-0.2, 0) is 4.79 Å². The maximum Gasteiger partial charge on any atom is 0.220 e. The Morgan fingerprint density at radius 2 is 0.683 bits per heavy atom. The summed E-state index contributed by atoms with van der Waals surface area (Å²) >= 11 is 0. The van der Waals surface area contributed by atoms with Gasteiger partial charge < -0.3 is 15.5 Å². The predicted molar refractivity (Wildman–Crippen MR) is 267 cm³/mol. The van der Waals surface area contributed by atoms with Crippen LogP contribution in [0.25, 0.3) is 0 Å². The van der Waals surface area contributed by atoms with Crippen LogP contribution in [0.4, 0.5) is 0 Å². The molecule has 0 fully saturated rings. The van der Waals surface area contributed by atoms with E-state index < -0.39 is 12.1 Å². The Morgan fingerprint density at radius 1 is 0.400 bits per heavy atom. The number of unbranched alkanes of at least 4 members (excludes halogenated alkanes) is 37. The van der Waals surface area contributed by atoms with Crippen molar-refractivity contribution in [3.05, 3.63) is 36.5 Å². The van der Waals surface area contributed by atoms with E-state index in [0.29, 0.717) is 12.8 Å². The van der Waals surface area contributed by atoms with Crippen LogP contribution in [0.15, 0.2) is 36.5 Å². The van der Waals surface area contributed by atoms with E-state index >= 15 is 0 Å². The Labute approximate surface area is 376 Å². The molecule has 3 N–H and O–H groups in total. The summed E-state index contributed by atoms with van der Waals surface area (Å²) in [6.45, 7) is 4.36. The lowest BCUT2D eigenvalue weighted by molar-refractivity contribution is -0.123. The van der Waals surface area contributed by atoms with Gasteiger partial charge in [-0.05, 0) is 51.4 Å². The highest BCUT2D eigenvalue weighted by Gasteiger charge is 2.20. The summed E-state index contributed by atoms with van der Waals surface area (Å²) in [5.41, 5.74) is 0. The maximum atomic E-state index is 12.4. The van der Waals surface area contributed by atoms with Gasteiger partial charge in [0.25, 0.3) is 0 Å². The first-order valence-electron chi connectivity index (χ1n) is 27.2. The fraction of sp³-hybridized carbons (Fsp3) is 0.875. The van der Waals surface area contributed by atoms with Crippen molar-refractivity contribution in [3.63, 3.8) is 0 Å². The molecular formula is C56H107NO3. The number of aliphatic hydroxyl groups excluding tert-OH is 2. The number of carbonyl (C=O) groups excluding carboxylic acids is 1. The Balaban J connectivity index is 3.40. The van der Waals surface area contributed by atoms with Gasteiger partial charge in [-0.15, -0.1) is 0 Å². The average Bonchev–Trinajstić information content (AvgIpc) is 3.25. The highest BCUT2D eigenvalue weighted by Crippen LogP contribution is 2.17. The Morgan fingerprint density at radius 3 is 1.02 bits per heavy atom. The normalized spacial score (nSPS) is 13.1. The zero-order chi connectivity index (χ0) is 43.5. The molecule has 0 heterocycles. The molecule has 4 heteroatoms. The van der Waals surface area contributed by atoms with E-state index in [4.69, 9.17) is 0 Å². The summed E-state index contributed by atoms with van der Waals surface area (Å²) in [5.74, 6) is -0.0277. The van der Waals surface area contributed by atoms with Gasteiger partial charge >= 0.3 is 0 Å². The van der Waals surface area contributed by atoms with E-state index in [0.717, 1.165) is 38.5 Å². The lowest BCUT2D eigenvalue weighted by Gasteiger charge is -2.22. The molecule has 0 aliphatic heterocycles. The minimum absolute atomic E-state index is 0.0277. The number of hydrogen-bond donors (Lipinski definition) is 3. The van der Waals surface area contributed by atoms with Gasteiger partial charge in [0.2, 0.25) is 5.91 Å².